The maximum atomic E-state index is 12.5. The van der Waals surface area contributed by atoms with Crippen LogP contribution >= 0.6 is 0 Å². The molecule has 136 valence electrons. The number of nitrogens with one attached hydrogen (secondary N) is 2. The van der Waals surface area contributed by atoms with Gasteiger partial charge in [0.1, 0.15) is 0 Å². The number of carbonyl (C=O) groups is 3. The molecule has 2 rings (SSSR count). The summed E-state index contributed by atoms with van der Waals surface area (Å²) in [5.74, 6) is -0.781. The predicted molar refractivity (Wildman–Crippen MR) is 102 cm³/mol. The summed E-state index contributed by atoms with van der Waals surface area (Å²) in [5, 5.41) is 5.47. The first kappa shape index (κ1) is 19.2. The van der Waals surface area contributed by atoms with Gasteiger partial charge in [-0.3, -0.25) is 14.4 Å². The molecule has 0 saturated heterocycles. The minimum absolute atomic E-state index is 0.0728. The predicted octanol–water partition coefficient (Wildman–Crippen LogP) is 2.97. The maximum Gasteiger partial charge on any atom is 0.254 e. The first-order valence-corrected chi connectivity index (χ1v) is 8.27. The molecule has 0 aromatic heterocycles. The molecule has 0 spiro atoms. The Balaban J connectivity index is 2.03. The Kier molecular flexibility index (Phi) is 6.11. The van der Waals surface area contributed by atoms with Crippen LogP contribution in [0.25, 0.3) is 0 Å². The molecule has 0 heterocycles. The number of benzene rings is 2. The summed E-state index contributed by atoms with van der Waals surface area (Å²) < 4.78 is 0. The topological polar surface area (TPSA) is 78.5 Å². The van der Waals surface area contributed by atoms with Crippen molar-refractivity contribution in [3.8, 4) is 0 Å². The van der Waals surface area contributed by atoms with E-state index in [2.05, 4.69) is 10.6 Å². The molecule has 6 nitrogen and oxygen atoms in total. The van der Waals surface area contributed by atoms with Gasteiger partial charge >= 0.3 is 0 Å². The quantitative estimate of drug-likeness (QED) is 0.867. The fourth-order valence-electron chi connectivity index (χ4n) is 2.52. The Labute approximate surface area is 153 Å². The van der Waals surface area contributed by atoms with E-state index in [0.717, 1.165) is 16.8 Å². The van der Waals surface area contributed by atoms with Crippen LogP contribution in [0, 0.1) is 13.8 Å². The minimum atomic E-state index is -0.298. The van der Waals surface area contributed by atoms with Gasteiger partial charge in [-0.15, -0.1) is 0 Å². The third-order valence-electron chi connectivity index (χ3n) is 4.04. The normalized spacial score (nSPS) is 10.2. The molecular formula is C20H23N3O3. The Morgan fingerprint density at radius 2 is 1.69 bits per heavy atom. The number of anilines is 2. The highest BCUT2D eigenvalue weighted by Gasteiger charge is 2.16. The molecule has 3 amide bonds. The Bertz CT molecular complexity index is 846. The van der Waals surface area contributed by atoms with Crippen molar-refractivity contribution in [3.05, 3.63) is 59.2 Å². The highest BCUT2D eigenvalue weighted by atomic mass is 16.2. The maximum absolute atomic E-state index is 12.5. The van der Waals surface area contributed by atoms with Crippen LogP contribution in [0.1, 0.15) is 28.4 Å². The zero-order valence-corrected chi connectivity index (χ0v) is 15.4. The average molecular weight is 353 g/mol. The van der Waals surface area contributed by atoms with Gasteiger partial charge in [0.25, 0.3) is 5.91 Å². The van der Waals surface area contributed by atoms with E-state index in [9.17, 15) is 14.4 Å². The second-order valence-corrected chi connectivity index (χ2v) is 6.22. The molecule has 0 atom stereocenters. The number of rotatable bonds is 5. The Morgan fingerprint density at radius 3 is 2.38 bits per heavy atom. The smallest absolute Gasteiger partial charge is 0.254 e. The molecule has 0 unspecified atom stereocenters. The van der Waals surface area contributed by atoms with Crippen LogP contribution in [-0.2, 0) is 9.59 Å². The van der Waals surface area contributed by atoms with Crippen molar-refractivity contribution < 1.29 is 14.4 Å². The van der Waals surface area contributed by atoms with Gasteiger partial charge in [-0.1, -0.05) is 18.2 Å². The van der Waals surface area contributed by atoms with Crippen LogP contribution < -0.4 is 10.6 Å². The SMILES string of the molecule is CC(=O)Nc1cccc(C(=O)N(C)CC(=O)Nc2cccc(C)c2C)c1. The number of hydrogen-bond donors (Lipinski definition) is 2. The fourth-order valence-corrected chi connectivity index (χ4v) is 2.52. The molecule has 6 heteroatoms. The van der Waals surface area contributed by atoms with Gasteiger partial charge in [-0.2, -0.15) is 0 Å². The lowest BCUT2D eigenvalue weighted by atomic mass is 10.1. The van der Waals surface area contributed by atoms with Crippen molar-refractivity contribution >= 4 is 29.1 Å². The summed E-state index contributed by atoms with van der Waals surface area (Å²) in [6.45, 7) is 5.24. The highest BCUT2D eigenvalue weighted by molar-refractivity contribution is 6.00. The Morgan fingerprint density at radius 1 is 1.00 bits per heavy atom. The minimum Gasteiger partial charge on any atom is -0.332 e. The third kappa shape index (κ3) is 4.92. The van der Waals surface area contributed by atoms with Crippen LogP contribution in [0.15, 0.2) is 42.5 Å². The van der Waals surface area contributed by atoms with E-state index in [1.54, 1.807) is 31.3 Å². The van der Waals surface area contributed by atoms with Crippen molar-refractivity contribution in [2.24, 2.45) is 0 Å². The second kappa shape index (κ2) is 8.29. The summed E-state index contributed by atoms with van der Waals surface area (Å²) in [7, 11) is 1.57. The molecule has 2 aromatic carbocycles. The molecule has 2 aromatic rings. The van der Waals surface area contributed by atoms with Crippen LogP contribution in [0.4, 0.5) is 11.4 Å². The van der Waals surface area contributed by atoms with Crippen LogP contribution in [0.2, 0.25) is 0 Å². The van der Waals surface area contributed by atoms with Crippen LogP contribution in [0.5, 0.6) is 0 Å². The number of carbonyl (C=O) groups excluding carboxylic acids is 3. The van der Waals surface area contributed by atoms with E-state index in [1.807, 2.05) is 32.0 Å². The van der Waals surface area contributed by atoms with Crippen molar-refractivity contribution in [2.75, 3.05) is 24.2 Å². The van der Waals surface area contributed by atoms with Crippen molar-refractivity contribution in [3.63, 3.8) is 0 Å². The monoisotopic (exact) mass is 353 g/mol. The van der Waals surface area contributed by atoms with Gasteiger partial charge in [0.2, 0.25) is 11.8 Å². The zero-order chi connectivity index (χ0) is 19.3. The Hall–Kier alpha value is -3.15. The number of hydrogen-bond acceptors (Lipinski definition) is 3. The molecular weight excluding hydrogens is 330 g/mol. The van der Waals surface area contributed by atoms with E-state index in [0.29, 0.717) is 11.3 Å². The second-order valence-electron chi connectivity index (χ2n) is 6.22. The first-order valence-electron chi connectivity index (χ1n) is 8.27. The van der Waals surface area contributed by atoms with Crippen LogP contribution in [0.3, 0.4) is 0 Å². The van der Waals surface area contributed by atoms with Gasteiger partial charge in [-0.25, -0.2) is 0 Å². The fraction of sp³-hybridized carbons (Fsp3) is 0.250. The average Bonchev–Trinajstić information content (AvgIpc) is 2.58. The number of amides is 3. The van der Waals surface area contributed by atoms with E-state index in [4.69, 9.17) is 0 Å². The molecule has 0 aliphatic rings. The van der Waals surface area contributed by atoms with E-state index in [-0.39, 0.29) is 24.3 Å². The summed E-state index contributed by atoms with van der Waals surface area (Å²) in [6, 6.07) is 12.3. The number of likely N-dealkylation sites (N-methyl/N-ethyl adjacent to an activating group) is 1. The van der Waals surface area contributed by atoms with Gasteiger partial charge in [0.15, 0.2) is 0 Å². The summed E-state index contributed by atoms with van der Waals surface area (Å²) in [4.78, 5) is 37.3. The van der Waals surface area contributed by atoms with E-state index < -0.39 is 0 Å². The zero-order valence-electron chi connectivity index (χ0n) is 15.4. The van der Waals surface area contributed by atoms with Gasteiger partial charge in [0.05, 0.1) is 6.54 Å². The summed E-state index contributed by atoms with van der Waals surface area (Å²) >= 11 is 0. The summed E-state index contributed by atoms with van der Waals surface area (Å²) in [6.07, 6.45) is 0. The molecule has 0 saturated carbocycles. The lowest BCUT2D eigenvalue weighted by molar-refractivity contribution is -0.116. The molecule has 2 N–H and O–H groups in total. The summed E-state index contributed by atoms with van der Waals surface area (Å²) in [5.41, 5.74) is 3.76. The van der Waals surface area contributed by atoms with Crippen molar-refractivity contribution in [1.29, 1.82) is 0 Å². The van der Waals surface area contributed by atoms with Crippen LogP contribution in [-0.4, -0.2) is 36.2 Å². The van der Waals surface area contributed by atoms with Crippen molar-refractivity contribution in [1.82, 2.24) is 4.90 Å². The standard InChI is InChI=1S/C20H23N3O3/c1-13-7-5-10-18(14(13)2)22-19(25)12-23(4)20(26)16-8-6-9-17(11-16)21-15(3)24/h5-11H,12H2,1-4H3,(H,21,24)(H,22,25). The number of nitrogens with zero attached hydrogens (tertiary/aromatic N) is 1. The molecule has 0 aliphatic heterocycles. The van der Waals surface area contributed by atoms with E-state index >= 15 is 0 Å². The highest BCUT2D eigenvalue weighted by Crippen LogP contribution is 2.18. The molecule has 0 bridgehead atoms. The van der Waals surface area contributed by atoms with Gasteiger partial charge < -0.3 is 15.5 Å². The van der Waals surface area contributed by atoms with Gasteiger partial charge in [-0.05, 0) is 49.2 Å². The molecule has 0 aliphatic carbocycles. The van der Waals surface area contributed by atoms with E-state index in [1.165, 1.54) is 11.8 Å². The lowest BCUT2D eigenvalue weighted by Gasteiger charge is -2.18. The first-order chi connectivity index (χ1) is 12.3. The largest absolute Gasteiger partial charge is 0.332 e. The molecule has 26 heavy (non-hydrogen) atoms. The van der Waals surface area contributed by atoms with Crippen molar-refractivity contribution in [2.45, 2.75) is 20.8 Å². The van der Waals surface area contributed by atoms with Gasteiger partial charge in [0, 0.05) is 30.9 Å². The lowest BCUT2D eigenvalue weighted by Crippen LogP contribution is -2.35. The molecule has 0 fully saturated rings. The molecule has 0 radical (unpaired) electrons. The number of aryl methyl sites for hydroxylation is 1. The third-order valence-corrected chi connectivity index (χ3v) is 4.04.